The molecule has 0 aliphatic rings. The Morgan fingerprint density at radius 2 is 1.74 bits per heavy atom. The molecule has 2 aromatic carbocycles. The standard InChI is InChI=1S/C26H28F4N2O3.C4H9NO2/c1-16(2)8-7-13-32-24(33)19(18-9-5-12-23(35-4)17(18)3)14-31(25(32)34)15-20-21(26(28,29)30)10-6-11-22(20)27;5-3-1-2-4(6)7/h5-6,9-12,14,16H,7-8,13,15H2,1-4H3;1-3,5H2,(H,6,7). The second kappa shape index (κ2) is 15.3. The number of carboxylic acids is 1. The van der Waals surface area contributed by atoms with E-state index < -0.39 is 46.9 Å². The van der Waals surface area contributed by atoms with E-state index in [-0.39, 0.29) is 18.5 Å². The molecule has 0 bridgehead atoms. The van der Waals surface area contributed by atoms with Gasteiger partial charge in [-0.25, -0.2) is 9.18 Å². The number of halogens is 4. The van der Waals surface area contributed by atoms with E-state index in [4.69, 9.17) is 15.6 Å². The first kappa shape index (κ1) is 34.3. The molecule has 3 rings (SSSR count). The van der Waals surface area contributed by atoms with Crippen LogP contribution < -0.4 is 21.7 Å². The minimum atomic E-state index is -4.81. The SMILES string of the molecule is COc1cccc(-c2cn(Cc3c(F)cccc3C(F)(F)F)c(=O)n(CCCC(C)C)c2=O)c1C.NCCCC(=O)O. The number of nitrogens with zero attached hydrogens (tertiary/aromatic N) is 2. The van der Waals surface area contributed by atoms with E-state index >= 15 is 0 Å². The summed E-state index contributed by atoms with van der Waals surface area (Å²) in [5.41, 5.74) is 3.06. The zero-order valence-corrected chi connectivity index (χ0v) is 24.1. The van der Waals surface area contributed by atoms with Gasteiger partial charge in [0.1, 0.15) is 11.6 Å². The Hall–Kier alpha value is -3.93. The average Bonchev–Trinajstić information content (AvgIpc) is 2.91. The summed E-state index contributed by atoms with van der Waals surface area (Å²) < 4.78 is 62.6. The monoisotopic (exact) mass is 595 g/mol. The first-order valence-electron chi connectivity index (χ1n) is 13.5. The van der Waals surface area contributed by atoms with E-state index in [1.165, 1.54) is 13.3 Å². The number of carbonyl (C=O) groups is 1. The smallest absolute Gasteiger partial charge is 0.416 e. The zero-order chi connectivity index (χ0) is 31.6. The van der Waals surface area contributed by atoms with Crippen LogP contribution in [0.2, 0.25) is 0 Å². The summed E-state index contributed by atoms with van der Waals surface area (Å²) in [5.74, 6) is -1.00. The predicted molar refractivity (Wildman–Crippen MR) is 152 cm³/mol. The van der Waals surface area contributed by atoms with Crippen molar-refractivity contribution in [1.82, 2.24) is 9.13 Å². The Morgan fingerprint density at radius 1 is 1.07 bits per heavy atom. The summed E-state index contributed by atoms with van der Waals surface area (Å²) >= 11 is 0. The Bertz CT molecular complexity index is 1480. The van der Waals surface area contributed by atoms with Crippen molar-refractivity contribution in [3.63, 3.8) is 0 Å². The second-order valence-electron chi connectivity index (χ2n) is 10.1. The maximum atomic E-state index is 14.6. The summed E-state index contributed by atoms with van der Waals surface area (Å²) in [7, 11) is 1.48. The van der Waals surface area contributed by atoms with E-state index in [0.29, 0.717) is 42.2 Å². The van der Waals surface area contributed by atoms with Gasteiger partial charge in [-0.2, -0.15) is 13.2 Å². The number of alkyl halides is 3. The normalized spacial score (nSPS) is 11.3. The summed E-state index contributed by atoms with van der Waals surface area (Å²) in [5, 5.41) is 7.99. The highest BCUT2D eigenvalue weighted by molar-refractivity contribution is 5.68. The van der Waals surface area contributed by atoms with Crippen LogP contribution in [-0.4, -0.2) is 33.9 Å². The molecule has 0 saturated heterocycles. The lowest BCUT2D eigenvalue weighted by Crippen LogP contribution is -2.41. The number of rotatable bonds is 11. The quantitative estimate of drug-likeness (QED) is 0.285. The number of benzene rings is 2. The largest absolute Gasteiger partial charge is 0.496 e. The molecule has 12 heteroatoms. The van der Waals surface area contributed by atoms with Gasteiger partial charge < -0.3 is 15.6 Å². The van der Waals surface area contributed by atoms with E-state index in [2.05, 4.69) is 0 Å². The third kappa shape index (κ3) is 9.04. The molecule has 0 unspecified atom stereocenters. The van der Waals surface area contributed by atoms with Crippen LogP contribution in [0.1, 0.15) is 56.2 Å². The lowest BCUT2D eigenvalue weighted by Gasteiger charge is -2.18. The topological polar surface area (TPSA) is 117 Å². The third-order valence-electron chi connectivity index (χ3n) is 6.54. The highest BCUT2D eigenvalue weighted by atomic mass is 19.4. The van der Waals surface area contributed by atoms with Crippen molar-refractivity contribution in [2.45, 2.75) is 65.7 Å². The molecule has 0 aliphatic heterocycles. The highest BCUT2D eigenvalue weighted by Crippen LogP contribution is 2.33. The lowest BCUT2D eigenvalue weighted by molar-refractivity contribution is -0.138. The predicted octanol–water partition coefficient (Wildman–Crippen LogP) is 5.45. The molecule has 3 N–H and O–H groups in total. The fourth-order valence-corrected chi connectivity index (χ4v) is 4.34. The third-order valence-corrected chi connectivity index (χ3v) is 6.54. The second-order valence-corrected chi connectivity index (χ2v) is 10.1. The molecular formula is C30H37F4N3O5. The van der Waals surface area contributed by atoms with Crippen LogP contribution in [-0.2, 0) is 24.1 Å². The van der Waals surface area contributed by atoms with E-state index in [9.17, 15) is 31.9 Å². The van der Waals surface area contributed by atoms with Gasteiger partial charge in [0.15, 0.2) is 0 Å². The number of carboxylic acid groups (broad SMARTS) is 1. The Labute approximate surface area is 241 Å². The number of ether oxygens (including phenoxy) is 1. The van der Waals surface area contributed by atoms with Crippen LogP contribution in [0.25, 0.3) is 11.1 Å². The molecule has 1 aromatic heterocycles. The van der Waals surface area contributed by atoms with Crippen molar-refractivity contribution in [3.05, 3.63) is 85.9 Å². The van der Waals surface area contributed by atoms with Crippen molar-refractivity contribution in [2.75, 3.05) is 13.7 Å². The summed E-state index contributed by atoms with van der Waals surface area (Å²) in [6.45, 7) is 5.63. The Balaban J connectivity index is 0.000000782. The van der Waals surface area contributed by atoms with Crippen molar-refractivity contribution in [3.8, 4) is 16.9 Å². The van der Waals surface area contributed by atoms with Crippen LogP contribution in [0.4, 0.5) is 17.6 Å². The molecule has 0 radical (unpaired) electrons. The fraction of sp³-hybridized carbons (Fsp3) is 0.433. The molecule has 0 saturated carbocycles. The first-order valence-corrected chi connectivity index (χ1v) is 13.5. The van der Waals surface area contributed by atoms with Gasteiger partial charge in [0.2, 0.25) is 0 Å². The molecule has 0 fully saturated rings. The molecule has 3 aromatic rings. The summed E-state index contributed by atoms with van der Waals surface area (Å²) in [6.07, 6.45) is -1.55. The van der Waals surface area contributed by atoms with Gasteiger partial charge in [0.25, 0.3) is 5.56 Å². The van der Waals surface area contributed by atoms with Gasteiger partial charge in [-0.1, -0.05) is 32.0 Å². The minimum Gasteiger partial charge on any atom is -0.496 e. The lowest BCUT2D eigenvalue weighted by atomic mass is 10.0. The molecule has 42 heavy (non-hydrogen) atoms. The molecule has 0 amide bonds. The van der Waals surface area contributed by atoms with Crippen LogP contribution in [0.3, 0.4) is 0 Å². The van der Waals surface area contributed by atoms with Crippen molar-refractivity contribution in [2.24, 2.45) is 11.7 Å². The fourth-order valence-electron chi connectivity index (χ4n) is 4.34. The molecule has 8 nitrogen and oxygen atoms in total. The average molecular weight is 596 g/mol. The van der Waals surface area contributed by atoms with Gasteiger partial charge in [0, 0.05) is 24.7 Å². The summed E-state index contributed by atoms with van der Waals surface area (Å²) in [6, 6.07) is 7.73. The van der Waals surface area contributed by atoms with Crippen molar-refractivity contribution >= 4 is 5.97 Å². The van der Waals surface area contributed by atoms with Crippen LogP contribution in [0.5, 0.6) is 5.75 Å². The van der Waals surface area contributed by atoms with Crippen LogP contribution in [0, 0.1) is 18.7 Å². The molecule has 0 atom stereocenters. The van der Waals surface area contributed by atoms with Crippen molar-refractivity contribution in [1.29, 1.82) is 0 Å². The number of aromatic nitrogens is 2. The summed E-state index contributed by atoms with van der Waals surface area (Å²) in [4.78, 5) is 36.3. The van der Waals surface area contributed by atoms with E-state index in [0.717, 1.165) is 33.8 Å². The maximum Gasteiger partial charge on any atom is 0.416 e. The molecule has 0 aliphatic carbocycles. The van der Waals surface area contributed by atoms with Gasteiger partial charge >= 0.3 is 17.8 Å². The number of aliphatic carboxylic acids is 1. The Kier molecular flexibility index (Phi) is 12.5. The molecule has 1 heterocycles. The van der Waals surface area contributed by atoms with Crippen LogP contribution in [0.15, 0.2) is 52.2 Å². The number of hydrogen-bond donors (Lipinski definition) is 2. The van der Waals surface area contributed by atoms with Crippen molar-refractivity contribution < 1.29 is 32.2 Å². The van der Waals surface area contributed by atoms with Gasteiger partial charge in [-0.15, -0.1) is 0 Å². The Morgan fingerprint density at radius 3 is 2.29 bits per heavy atom. The number of nitrogens with two attached hydrogens (primary N) is 1. The minimum absolute atomic E-state index is 0.0934. The van der Waals surface area contributed by atoms with E-state index in [1.807, 2.05) is 13.8 Å². The maximum absolute atomic E-state index is 14.6. The number of hydrogen-bond acceptors (Lipinski definition) is 5. The van der Waals surface area contributed by atoms with Crippen LogP contribution >= 0.6 is 0 Å². The molecule has 0 spiro atoms. The molecule has 230 valence electrons. The molecular weight excluding hydrogens is 558 g/mol. The first-order chi connectivity index (χ1) is 19.7. The van der Waals surface area contributed by atoms with Gasteiger partial charge in [0.05, 0.1) is 24.8 Å². The number of methoxy groups -OCH3 is 1. The highest BCUT2D eigenvalue weighted by Gasteiger charge is 2.34. The van der Waals surface area contributed by atoms with E-state index in [1.54, 1.807) is 25.1 Å². The van der Waals surface area contributed by atoms with Gasteiger partial charge in [-0.3, -0.25) is 18.7 Å². The zero-order valence-electron chi connectivity index (χ0n) is 24.1. The van der Waals surface area contributed by atoms with Gasteiger partial charge in [-0.05, 0) is 68.0 Å².